The molecule has 1 aliphatic carbocycles. The van der Waals surface area contributed by atoms with Crippen LogP contribution in [0, 0.1) is 10.8 Å². The van der Waals surface area contributed by atoms with Gasteiger partial charge in [-0.05, 0) is 61.1 Å². The van der Waals surface area contributed by atoms with Crippen LogP contribution in [0.4, 0.5) is 0 Å². The largest absolute Gasteiger partial charge is 0.383 e. The molecule has 3 fully saturated rings. The number of hydrogen-bond acceptors (Lipinski definition) is 3. The van der Waals surface area contributed by atoms with Gasteiger partial charge in [-0.1, -0.05) is 20.8 Å². The van der Waals surface area contributed by atoms with Crippen LogP contribution in [0.2, 0.25) is 0 Å². The second-order valence-corrected chi connectivity index (χ2v) is 11.4. The van der Waals surface area contributed by atoms with Crippen LogP contribution in [0.3, 0.4) is 0 Å². The van der Waals surface area contributed by atoms with Crippen molar-refractivity contribution in [2.45, 2.75) is 65.0 Å². The Bertz CT molecular complexity index is 1060. The van der Waals surface area contributed by atoms with Gasteiger partial charge < -0.3 is 19.5 Å². The smallest absolute Gasteiger partial charge is 0.256 e. The number of aromatic amines is 1. The molecule has 3 heterocycles. The quantitative estimate of drug-likeness (QED) is 0.768. The number of fused-ring (bicyclic) bond motifs is 3. The first kappa shape index (κ1) is 21.5. The normalized spacial score (nSPS) is 29.1. The number of aromatic nitrogens is 1. The van der Waals surface area contributed by atoms with Crippen LogP contribution in [0.5, 0.6) is 0 Å². The van der Waals surface area contributed by atoms with Crippen molar-refractivity contribution in [2.24, 2.45) is 10.8 Å². The van der Waals surface area contributed by atoms with Crippen molar-refractivity contribution in [1.29, 1.82) is 0 Å². The Morgan fingerprint density at radius 2 is 1.97 bits per heavy atom. The summed E-state index contributed by atoms with van der Waals surface area (Å²) in [4.78, 5) is 34.2. The van der Waals surface area contributed by atoms with Crippen molar-refractivity contribution >= 4 is 22.7 Å². The molecule has 6 nitrogen and oxygen atoms in total. The lowest BCUT2D eigenvalue weighted by atomic mass is 9.65. The van der Waals surface area contributed by atoms with E-state index in [1.165, 1.54) is 0 Å². The van der Waals surface area contributed by atoms with E-state index in [1.807, 2.05) is 23.1 Å². The second kappa shape index (κ2) is 7.62. The summed E-state index contributed by atoms with van der Waals surface area (Å²) in [5.41, 5.74) is 2.68. The van der Waals surface area contributed by atoms with Gasteiger partial charge in [0.2, 0.25) is 0 Å². The van der Waals surface area contributed by atoms with Gasteiger partial charge in [0.1, 0.15) is 0 Å². The molecule has 3 atom stereocenters. The van der Waals surface area contributed by atoms with Gasteiger partial charge in [0.25, 0.3) is 11.8 Å². The number of hydrogen-bond donors (Lipinski definition) is 1. The molecular formula is C26H35N3O3. The highest BCUT2D eigenvalue weighted by Gasteiger charge is 2.51. The molecule has 2 aliphatic heterocycles. The number of methoxy groups -OCH3 is 1. The van der Waals surface area contributed by atoms with E-state index in [9.17, 15) is 9.59 Å². The van der Waals surface area contributed by atoms with Crippen molar-refractivity contribution in [1.82, 2.24) is 14.8 Å². The van der Waals surface area contributed by atoms with Crippen LogP contribution in [0.25, 0.3) is 10.9 Å². The molecule has 1 N–H and O–H groups in total. The van der Waals surface area contributed by atoms with Gasteiger partial charge in [-0.3, -0.25) is 9.59 Å². The lowest BCUT2D eigenvalue weighted by molar-refractivity contribution is 0.0631. The minimum Gasteiger partial charge on any atom is -0.383 e. The standard InChI is InChI=1S/C26H35N3O3/c1-25(2)11-19-12-26(3,15-25)16-29(19)23(30)17-7-8-22-20(10-17)21(13-27-22)24(31)28-9-5-6-18(28)14-32-4/h7-8,10,13,18-19,27H,5-6,9,11-12,14-16H2,1-4H3. The Morgan fingerprint density at radius 3 is 2.75 bits per heavy atom. The lowest BCUT2D eigenvalue weighted by Gasteiger charge is -2.39. The molecule has 3 aliphatic rings. The summed E-state index contributed by atoms with van der Waals surface area (Å²) in [5.74, 6) is 0.114. The van der Waals surface area contributed by atoms with Gasteiger partial charge in [-0.15, -0.1) is 0 Å². The van der Waals surface area contributed by atoms with E-state index >= 15 is 0 Å². The molecule has 1 aromatic carbocycles. The monoisotopic (exact) mass is 437 g/mol. The summed E-state index contributed by atoms with van der Waals surface area (Å²) in [5, 5.41) is 0.831. The molecule has 0 radical (unpaired) electrons. The highest BCUT2D eigenvalue weighted by atomic mass is 16.5. The average molecular weight is 438 g/mol. The number of nitrogens with one attached hydrogen (secondary N) is 1. The molecule has 6 heteroatoms. The molecule has 2 saturated heterocycles. The number of benzene rings is 1. The summed E-state index contributed by atoms with van der Waals surface area (Å²) in [6.07, 6.45) is 7.06. The SMILES string of the molecule is COCC1CCCN1C(=O)c1c[nH]c2ccc(C(=O)N3CC4(C)CC3CC(C)(C)C4)cc12. The summed E-state index contributed by atoms with van der Waals surface area (Å²) in [7, 11) is 1.68. The Morgan fingerprint density at radius 1 is 1.16 bits per heavy atom. The number of ether oxygens (including phenoxy) is 1. The molecule has 5 rings (SSSR count). The van der Waals surface area contributed by atoms with Crippen LogP contribution in [-0.4, -0.2) is 65.5 Å². The third-order valence-electron chi connectivity index (χ3n) is 7.83. The Balaban J connectivity index is 1.43. The molecule has 3 unspecified atom stereocenters. The predicted octanol–water partition coefficient (Wildman–Crippen LogP) is 4.46. The molecule has 1 aromatic heterocycles. The topological polar surface area (TPSA) is 65.6 Å². The van der Waals surface area contributed by atoms with Crippen LogP contribution < -0.4 is 0 Å². The predicted molar refractivity (Wildman–Crippen MR) is 125 cm³/mol. The van der Waals surface area contributed by atoms with Gasteiger partial charge in [0, 0.05) is 48.9 Å². The van der Waals surface area contributed by atoms with Crippen molar-refractivity contribution < 1.29 is 14.3 Å². The molecule has 172 valence electrons. The van der Waals surface area contributed by atoms with E-state index in [1.54, 1.807) is 13.3 Å². The first-order valence-electron chi connectivity index (χ1n) is 11.9. The minimum absolute atomic E-state index is 0.0201. The summed E-state index contributed by atoms with van der Waals surface area (Å²) in [6.45, 7) is 9.11. The number of amides is 2. The molecule has 1 saturated carbocycles. The third kappa shape index (κ3) is 3.62. The Labute approximate surface area is 190 Å². The molecular weight excluding hydrogens is 402 g/mol. The lowest BCUT2D eigenvalue weighted by Crippen LogP contribution is -2.38. The number of rotatable bonds is 4. The van der Waals surface area contributed by atoms with Crippen LogP contribution >= 0.6 is 0 Å². The van der Waals surface area contributed by atoms with Gasteiger partial charge in [0.05, 0.1) is 18.2 Å². The molecule has 2 amide bonds. The van der Waals surface area contributed by atoms with Crippen LogP contribution in [0.15, 0.2) is 24.4 Å². The van der Waals surface area contributed by atoms with E-state index in [2.05, 4.69) is 30.7 Å². The summed E-state index contributed by atoms with van der Waals surface area (Å²) < 4.78 is 5.32. The van der Waals surface area contributed by atoms with Gasteiger partial charge >= 0.3 is 0 Å². The maximum absolute atomic E-state index is 13.6. The maximum Gasteiger partial charge on any atom is 0.256 e. The fraction of sp³-hybridized carbons (Fsp3) is 0.615. The van der Waals surface area contributed by atoms with Gasteiger partial charge in [-0.2, -0.15) is 0 Å². The summed E-state index contributed by atoms with van der Waals surface area (Å²) in [6, 6.07) is 6.17. The fourth-order valence-corrected chi connectivity index (χ4v) is 6.92. The number of carbonyl (C=O) groups excluding carboxylic acids is 2. The van der Waals surface area contributed by atoms with Crippen molar-refractivity contribution in [3.05, 3.63) is 35.5 Å². The zero-order valence-corrected chi connectivity index (χ0v) is 19.7. The van der Waals surface area contributed by atoms with E-state index in [4.69, 9.17) is 4.74 Å². The molecule has 0 spiro atoms. The zero-order chi connectivity index (χ0) is 22.7. The van der Waals surface area contributed by atoms with Gasteiger partial charge in [-0.25, -0.2) is 0 Å². The van der Waals surface area contributed by atoms with E-state index in [0.29, 0.717) is 23.8 Å². The first-order chi connectivity index (χ1) is 15.2. The van der Waals surface area contributed by atoms with E-state index in [0.717, 1.165) is 56.1 Å². The second-order valence-electron chi connectivity index (χ2n) is 11.4. The minimum atomic E-state index is 0.0201. The third-order valence-corrected chi connectivity index (χ3v) is 7.83. The molecule has 2 bridgehead atoms. The van der Waals surface area contributed by atoms with Crippen molar-refractivity contribution in [3.63, 3.8) is 0 Å². The summed E-state index contributed by atoms with van der Waals surface area (Å²) >= 11 is 0. The van der Waals surface area contributed by atoms with Crippen LogP contribution in [-0.2, 0) is 4.74 Å². The van der Waals surface area contributed by atoms with Crippen LogP contribution in [0.1, 0.15) is 73.6 Å². The number of carbonyl (C=O) groups is 2. The van der Waals surface area contributed by atoms with Gasteiger partial charge in [0.15, 0.2) is 0 Å². The first-order valence-corrected chi connectivity index (χ1v) is 11.9. The van der Waals surface area contributed by atoms with Crippen molar-refractivity contribution in [3.8, 4) is 0 Å². The molecule has 32 heavy (non-hydrogen) atoms. The Hall–Kier alpha value is -2.34. The highest BCUT2D eigenvalue weighted by molar-refractivity contribution is 6.09. The molecule has 2 aromatic rings. The van der Waals surface area contributed by atoms with E-state index in [-0.39, 0.29) is 28.7 Å². The highest BCUT2D eigenvalue weighted by Crippen LogP contribution is 2.52. The zero-order valence-electron chi connectivity index (χ0n) is 19.7. The number of likely N-dealkylation sites (tertiary alicyclic amines) is 2. The number of nitrogens with zero attached hydrogens (tertiary/aromatic N) is 2. The van der Waals surface area contributed by atoms with E-state index < -0.39 is 0 Å². The Kier molecular flexibility index (Phi) is 5.12. The average Bonchev–Trinajstić information content (AvgIpc) is 3.41. The maximum atomic E-state index is 13.6. The fourth-order valence-electron chi connectivity index (χ4n) is 6.92. The number of H-pyrrole nitrogens is 1. The van der Waals surface area contributed by atoms with Crippen molar-refractivity contribution in [2.75, 3.05) is 26.8 Å².